The van der Waals surface area contributed by atoms with Crippen LogP contribution < -0.4 is 0 Å². The molecule has 0 radical (unpaired) electrons. The van der Waals surface area contributed by atoms with E-state index in [2.05, 4.69) is 32.2 Å². The molecule has 1 N–H and O–H groups in total. The average molecular weight is 402 g/mol. The summed E-state index contributed by atoms with van der Waals surface area (Å²) in [5.74, 6) is 1.22. The molecule has 30 heavy (non-hydrogen) atoms. The molecule has 3 heterocycles. The Kier molecular flexibility index (Phi) is 4.76. The van der Waals surface area contributed by atoms with Crippen LogP contribution in [0, 0.1) is 0 Å². The van der Waals surface area contributed by atoms with E-state index in [-0.39, 0.29) is 11.9 Å². The number of fused-ring (bicyclic) bond motifs is 1. The minimum Gasteiger partial charge on any atom is -0.337 e. The second-order valence-electron chi connectivity index (χ2n) is 7.47. The van der Waals surface area contributed by atoms with Crippen molar-refractivity contribution < 1.29 is 9.32 Å². The Hall–Kier alpha value is -3.52. The molecule has 1 saturated heterocycles. The summed E-state index contributed by atoms with van der Waals surface area (Å²) in [4.78, 5) is 21.8. The molecule has 0 aliphatic carbocycles. The van der Waals surface area contributed by atoms with Crippen LogP contribution in [0.4, 0.5) is 0 Å². The number of piperazine rings is 1. The van der Waals surface area contributed by atoms with Crippen molar-refractivity contribution >= 4 is 16.8 Å². The molecule has 2 aromatic carbocycles. The zero-order valence-electron chi connectivity index (χ0n) is 16.7. The summed E-state index contributed by atoms with van der Waals surface area (Å²) in [6, 6.07) is 15.5. The summed E-state index contributed by atoms with van der Waals surface area (Å²) < 4.78 is 5.52. The third-order valence-electron chi connectivity index (χ3n) is 5.69. The largest absolute Gasteiger partial charge is 0.337 e. The van der Waals surface area contributed by atoms with Gasteiger partial charge in [-0.2, -0.15) is 10.1 Å². The first kappa shape index (κ1) is 18.5. The van der Waals surface area contributed by atoms with Gasteiger partial charge in [0.1, 0.15) is 0 Å². The van der Waals surface area contributed by atoms with E-state index in [4.69, 9.17) is 4.52 Å². The monoisotopic (exact) mass is 402 g/mol. The molecule has 1 amide bonds. The Morgan fingerprint density at radius 3 is 2.67 bits per heavy atom. The minimum atomic E-state index is -0.0109. The molecule has 152 valence electrons. The first-order valence-corrected chi connectivity index (χ1v) is 10.0. The normalized spacial score (nSPS) is 16.1. The van der Waals surface area contributed by atoms with Crippen LogP contribution in [0.15, 0.2) is 59.3 Å². The molecule has 4 aromatic rings. The van der Waals surface area contributed by atoms with Gasteiger partial charge in [0, 0.05) is 37.1 Å². The lowest BCUT2D eigenvalue weighted by atomic mass is 10.1. The third kappa shape index (κ3) is 3.35. The summed E-state index contributed by atoms with van der Waals surface area (Å²) in [5, 5.41) is 12.1. The van der Waals surface area contributed by atoms with Crippen molar-refractivity contribution in [3.8, 4) is 11.4 Å². The highest BCUT2D eigenvalue weighted by Crippen LogP contribution is 2.24. The van der Waals surface area contributed by atoms with E-state index < -0.39 is 0 Å². The first-order valence-electron chi connectivity index (χ1n) is 10.0. The number of carbonyl (C=O) groups is 1. The number of nitrogens with one attached hydrogen (secondary N) is 1. The van der Waals surface area contributed by atoms with E-state index in [9.17, 15) is 4.79 Å². The summed E-state index contributed by atoms with van der Waals surface area (Å²) in [5.41, 5.74) is 2.39. The summed E-state index contributed by atoms with van der Waals surface area (Å²) in [6.07, 6.45) is 1.74. The van der Waals surface area contributed by atoms with Gasteiger partial charge in [-0.15, -0.1) is 0 Å². The molecule has 2 aromatic heterocycles. The lowest BCUT2D eigenvalue weighted by Crippen LogP contribution is -2.49. The van der Waals surface area contributed by atoms with Crippen molar-refractivity contribution in [3.05, 3.63) is 66.2 Å². The number of aromatic amines is 1. The van der Waals surface area contributed by atoms with E-state index in [0.717, 1.165) is 29.6 Å². The molecule has 8 nitrogen and oxygen atoms in total. The fraction of sp³-hybridized carbons (Fsp3) is 0.273. The van der Waals surface area contributed by atoms with Gasteiger partial charge < -0.3 is 9.42 Å². The zero-order valence-corrected chi connectivity index (χ0v) is 16.7. The number of amides is 1. The van der Waals surface area contributed by atoms with E-state index in [1.165, 1.54) is 0 Å². The predicted molar refractivity (Wildman–Crippen MR) is 112 cm³/mol. The Balaban J connectivity index is 1.25. The molecule has 1 atom stereocenters. The van der Waals surface area contributed by atoms with Crippen molar-refractivity contribution in [1.29, 1.82) is 0 Å². The molecular weight excluding hydrogens is 380 g/mol. The van der Waals surface area contributed by atoms with E-state index in [1.54, 1.807) is 6.20 Å². The number of rotatable bonds is 4. The predicted octanol–water partition coefficient (Wildman–Crippen LogP) is 3.13. The second kappa shape index (κ2) is 7.72. The Bertz CT molecular complexity index is 1160. The summed E-state index contributed by atoms with van der Waals surface area (Å²) in [7, 11) is 0. The molecule has 8 heteroatoms. The van der Waals surface area contributed by atoms with Crippen molar-refractivity contribution in [2.45, 2.75) is 13.0 Å². The van der Waals surface area contributed by atoms with Crippen LogP contribution in [0.3, 0.4) is 0 Å². The highest BCUT2D eigenvalue weighted by Gasteiger charge is 2.29. The Morgan fingerprint density at radius 2 is 1.87 bits per heavy atom. The second-order valence-corrected chi connectivity index (χ2v) is 7.47. The van der Waals surface area contributed by atoms with Gasteiger partial charge in [0.25, 0.3) is 5.91 Å². The molecule has 1 unspecified atom stereocenters. The van der Waals surface area contributed by atoms with Crippen molar-refractivity contribution in [2.24, 2.45) is 0 Å². The van der Waals surface area contributed by atoms with Crippen LogP contribution in [-0.2, 0) is 0 Å². The number of aromatic nitrogens is 4. The lowest BCUT2D eigenvalue weighted by molar-refractivity contribution is 0.0553. The minimum absolute atomic E-state index is 0.0109. The Morgan fingerprint density at radius 1 is 1.07 bits per heavy atom. The number of nitrogens with zero attached hydrogens (tertiary/aromatic N) is 5. The van der Waals surface area contributed by atoms with Crippen LogP contribution in [-0.4, -0.2) is 62.2 Å². The average Bonchev–Trinajstić information content (AvgIpc) is 3.48. The number of hydrogen-bond donors (Lipinski definition) is 1. The van der Waals surface area contributed by atoms with Gasteiger partial charge in [0.15, 0.2) is 0 Å². The topological polar surface area (TPSA) is 91.2 Å². The molecule has 1 fully saturated rings. The molecule has 1 aliphatic rings. The maximum atomic E-state index is 13.0. The summed E-state index contributed by atoms with van der Waals surface area (Å²) >= 11 is 0. The molecular formula is C22H22N6O2. The van der Waals surface area contributed by atoms with Crippen molar-refractivity contribution in [1.82, 2.24) is 30.1 Å². The Labute approximate surface area is 173 Å². The molecule has 5 rings (SSSR count). The lowest BCUT2D eigenvalue weighted by Gasteiger charge is -2.36. The van der Waals surface area contributed by atoms with Crippen LogP contribution in [0.1, 0.15) is 29.2 Å². The van der Waals surface area contributed by atoms with Gasteiger partial charge in [-0.3, -0.25) is 14.8 Å². The van der Waals surface area contributed by atoms with Crippen LogP contribution in [0.5, 0.6) is 0 Å². The zero-order chi connectivity index (χ0) is 20.5. The van der Waals surface area contributed by atoms with Gasteiger partial charge >= 0.3 is 0 Å². The number of benzene rings is 2. The molecule has 0 saturated carbocycles. The SMILES string of the molecule is CC(c1nc(-c2ccccc2)no1)N1CCN(C(=O)c2cccc3cn[nH]c23)CC1. The molecule has 0 bridgehead atoms. The summed E-state index contributed by atoms with van der Waals surface area (Å²) in [6.45, 7) is 4.84. The van der Waals surface area contributed by atoms with Crippen molar-refractivity contribution in [2.75, 3.05) is 26.2 Å². The van der Waals surface area contributed by atoms with Crippen molar-refractivity contribution in [3.63, 3.8) is 0 Å². The van der Waals surface area contributed by atoms with Gasteiger partial charge in [0.05, 0.1) is 23.3 Å². The fourth-order valence-electron chi connectivity index (χ4n) is 3.90. The molecule has 0 spiro atoms. The third-order valence-corrected chi connectivity index (χ3v) is 5.69. The van der Waals surface area contributed by atoms with E-state index in [1.807, 2.05) is 53.4 Å². The van der Waals surface area contributed by atoms with Gasteiger partial charge in [0.2, 0.25) is 11.7 Å². The number of carbonyl (C=O) groups excluding carboxylic acids is 1. The first-order chi connectivity index (χ1) is 14.7. The number of H-pyrrole nitrogens is 1. The van der Waals surface area contributed by atoms with Gasteiger partial charge in [-0.25, -0.2) is 0 Å². The van der Waals surface area contributed by atoms with E-state index >= 15 is 0 Å². The highest BCUT2D eigenvalue weighted by molar-refractivity contribution is 6.05. The number of hydrogen-bond acceptors (Lipinski definition) is 6. The fourth-order valence-corrected chi connectivity index (χ4v) is 3.90. The quantitative estimate of drug-likeness (QED) is 0.564. The van der Waals surface area contributed by atoms with E-state index in [0.29, 0.717) is 30.4 Å². The van der Waals surface area contributed by atoms with Gasteiger partial charge in [-0.05, 0) is 13.0 Å². The van der Waals surface area contributed by atoms with Crippen LogP contribution >= 0.6 is 0 Å². The van der Waals surface area contributed by atoms with Crippen LogP contribution in [0.25, 0.3) is 22.3 Å². The molecule has 1 aliphatic heterocycles. The van der Waals surface area contributed by atoms with Crippen LogP contribution in [0.2, 0.25) is 0 Å². The smallest absolute Gasteiger partial charge is 0.256 e. The standard InChI is InChI=1S/C22H22N6O2/c1-15(21-24-20(26-30-21)16-6-3-2-4-7-16)27-10-12-28(13-11-27)22(29)18-9-5-8-17-14-23-25-19(17)18/h2-9,14-15H,10-13H2,1H3,(H,23,25). The number of para-hydroxylation sites is 1. The maximum absolute atomic E-state index is 13.0. The maximum Gasteiger partial charge on any atom is 0.256 e. The highest BCUT2D eigenvalue weighted by atomic mass is 16.5. The van der Waals surface area contributed by atoms with Gasteiger partial charge in [-0.1, -0.05) is 47.6 Å².